The molecule has 0 aliphatic carbocycles. The summed E-state index contributed by atoms with van der Waals surface area (Å²) >= 11 is 5.99. The fourth-order valence-electron chi connectivity index (χ4n) is 3.04. The van der Waals surface area contributed by atoms with Crippen molar-refractivity contribution >= 4 is 39.1 Å². The van der Waals surface area contributed by atoms with Gasteiger partial charge in [0.2, 0.25) is 21.8 Å². The second kappa shape index (κ2) is 10.8. The standard InChI is InChI=1S/C22H27ClFN3O4S/c1-15(2)25-22(29)16(3)26(13-17-8-5-6-11-20(17)24)21(28)14-27(32(4,30)31)19-10-7-9-18(23)12-19/h5-12,15-16H,13-14H2,1-4H3,(H,25,29)/t16-/m1/s1. The van der Waals surface area contributed by atoms with E-state index in [0.717, 1.165) is 10.6 Å². The highest BCUT2D eigenvalue weighted by molar-refractivity contribution is 7.92. The third-order valence-corrected chi connectivity index (χ3v) is 6.05. The predicted octanol–water partition coefficient (Wildman–Crippen LogP) is 3.19. The van der Waals surface area contributed by atoms with E-state index in [1.165, 1.54) is 42.2 Å². The summed E-state index contributed by atoms with van der Waals surface area (Å²) < 4.78 is 40.1. The van der Waals surface area contributed by atoms with Crippen LogP contribution >= 0.6 is 11.6 Å². The van der Waals surface area contributed by atoms with Crippen molar-refractivity contribution < 1.29 is 22.4 Å². The number of hydrogen-bond donors (Lipinski definition) is 1. The molecular weight excluding hydrogens is 457 g/mol. The second-order valence-electron chi connectivity index (χ2n) is 7.70. The molecule has 0 spiro atoms. The zero-order chi connectivity index (χ0) is 24.1. The van der Waals surface area contributed by atoms with Crippen molar-refractivity contribution in [2.45, 2.75) is 39.4 Å². The number of rotatable bonds is 9. The molecule has 0 radical (unpaired) electrons. The molecule has 0 saturated heterocycles. The number of carbonyl (C=O) groups is 2. The zero-order valence-corrected chi connectivity index (χ0v) is 20.0. The van der Waals surface area contributed by atoms with E-state index in [0.29, 0.717) is 5.02 Å². The van der Waals surface area contributed by atoms with Crippen molar-refractivity contribution in [2.24, 2.45) is 0 Å². The van der Waals surface area contributed by atoms with E-state index in [4.69, 9.17) is 11.6 Å². The Kier molecular flexibility index (Phi) is 8.63. The normalized spacial score (nSPS) is 12.3. The molecule has 0 bridgehead atoms. The fraction of sp³-hybridized carbons (Fsp3) is 0.364. The maximum Gasteiger partial charge on any atom is 0.244 e. The first-order chi connectivity index (χ1) is 14.9. The highest BCUT2D eigenvalue weighted by Gasteiger charge is 2.30. The molecule has 10 heteroatoms. The van der Waals surface area contributed by atoms with Gasteiger partial charge < -0.3 is 10.2 Å². The molecule has 7 nitrogen and oxygen atoms in total. The van der Waals surface area contributed by atoms with E-state index in [1.807, 2.05) is 0 Å². The number of hydrogen-bond acceptors (Lipinski definition) is 4. The number of nitrogens with one attached hydrogen (secondary N) is 1. The average molecular weight is 484 g/mol. The molecule has 2 amide bonds. The van der Waals surface area contributed by atoms with Gasteiger partial charge in [-0.2, -0.15) is 0 Å². The molecule has 2 aromatic rings. The van der Waals surface area contributed by atoms with Crippen molar-refractivity contribution in [3.63, 3.8) is 0 Å². The topological polar surface area (TPSA) is 86.8 Å². The van der Waals surface area contributed by atoms with Crippen molar-refractivity contribution in [1.82, 2.24) is 10.2 Å². The molecule has 1 N–H and O–H groups in total. The van der Waals surface area contributed by atoms with Crippen LogP contribution in [0.2, 0.25) is 5.02 Å². The van der Waals surface area contributed by atoms with Crippen molar-refractivity contribution in [3.05, 3.63) is 64.9 Å². The van der Waals surface area contributed by atoms with Gasteiger partial charge in [-0.3, -0.25) is 13.9 Å². The number of anilines is 1. The summed E-state index contributed by atoms with van der Waals surface area (Å²) in [5.41, 5.74) is 0.414. The summed E-state index contributed by atoms with van der Waals surface area (Å²) in [7, 11) is -3.86. The summed E-state index contributed by atoms with van der Waals surface area (Å²) in [5, 5.41) is 3.03. The first-order valence-corrected chi connectivity index (χ1v) is 12.2. The number of carbonyl (C=O) groups excluding carboxylic acids is 2. The number of nitrogens with zero attached hydrogens (tertiary/aromatic N) is 2. The van der Waals surface area contributed by atoms with Gasteiger partial charge in [0, 0.05) is 23.2 Å². The SMILES string of the molecule is CC(C)NC(=O)[C@@H](C)N(Cc1ccccc1F)C(=O)CN(c1cccc(Cl)c1)S(C)(=O)=O. The van der Waals surface area contributed by atoms with Crippen LogP contribution in [0.25, 0.3) is 0 Å². The first-order valence-electron chi connectivity index (χ1n) is 9.96. The lowest BCUT2D eigenvalue weighted by molar-refractivity contribution is -0.139. The fourth-order valence-corrected chi connectivity index (χ4v) is 4.07. The summed E-state index contributed by atoms with van der Waals surface area (Å²) in [5.74, 6) is -1.63. The number of benzene rings is 2. The molecule has 0 aromatic heterocycles. The van der Waals surface area contributed by atoms with Crippen LogP contribution in [0, 0.1) is 5.82 Å². The van der Waals surface area contributed by atoms with Gasteiger partial charge in [0.05, 0.1) is 11.9 Å². The van der Waals surface area contributed by atoms with E-state index in [1.54, 1.807) is 32.0 Å². The van der Waals surface area contributed by atoms with Crippen LogP contribution in [-0.4, -0.2) is 50.0 Å². The Morgan fingerprint density at radius 3 is 2.31 bits per heavy atom. The van der Waals surface area contributed by atoms with Crippen molar-refractivity contribution in [2.75, 3.05) is 17.1 Å². The maximum atomic E-state index is 14.3. The second-order valence-corrected chi connectivity index (χ2v) is 10.0. The molecule has 1 atom stereocenters. The average Bonchev–Trinajstić information content (AvgIpc) is 2.69. The highest BCUT2D eigenvalue weighted by atomic mass is 35.5. The lowest BCUT2D eigenvalue weighted by Crippen LogP contribution is -2.52. The van der Waals surface area contributed by atoms with Crippen molar-refractivity contribution in [1.29, 1.82) is 0 Å². The van der Waals surface area contributed by atoms with Crippen LogP contribution in [0.3, 0.4) is 0 Å². The molecule has 0 heterocycles. The lowest BCUT2D eigenvalue weighted by atomic mass is 10.1. The summed E-state index contributed by atoms with van der Waals surface area (Å²) in [6.07, 6.45) is 0.970. The quantitative estimate of drug-likeness (QED) is 0.593. The lowest BCUT2D eigenvalue weighted by Gasteiger charge is -2.32. The smallest absolute Gasteiger partial charge is 0.244 e. The van der Waals surface area contributed by atoms with Gasteiger partial charge in [-0.05, 0) is 45.0 Å². The largest absolute Gasteiger partial charge is 0.352 e. The van der Waals surface area contributed by atoms with Crippen LogP contribution in [-0.2, 0) is 26.2 Å². The Morgan fingerprint density at radius 1 is 1.09 bits per heavy atom. The summed E-state index contributed by atoms with van der Waals surface area (Å²) in [6.45, 7) is 4.29. The first kappa shape index (κ1) is 25.6. The van der Waals surface area contributed by atoms with Gasteiger partial charge in [-0.15, -0.1) is 0 Å². The number of halogens is 2. The predicted molar refractivity (Wildman–Crippen MR) is 123 cm³/mol. The third kappa shape index (κ3) is 6.93. The Bertz CT molecular complexity index is 1080. The van der Waals surface area contributed by atoms with Gasteiger partial charge in [0.15, 0.2) is 0 Å². The van der Waals surface area contributed by atoms with E-state index >= 15 is 0 Å². The molecule has 2 rings (SSSR count). The minimum atomic E-state index is -3.86. The van der Waals surface area contributed by atoms with Crippen LogP contribution in [0.5, 0.6) is 0 Å². The zero-order valence-electron chi connectivity index (χ0n) is 18.4. The Balaban J connectivity index is 2.40. The number of sulfonamides is 1. The van der Waals surface area contributed by atoms with Gasteiger partial charge >= 0.3 is 0 Å². The van der Waals surface area contributed by atoms with Gasteiger partial charge in [-0.1, -0.05) is 35.9 Å². The summed E-state index contributed by atoms with van der Waals surface area (Å²) in [4.78, 5) is 27.1. The number of amides is 2. The molecule has 2 aromatic carbocycles. The van der Waals surface area contributed by atoms with Crippen LogP contribution in [0.1, 0.15) is 26.3 Å². The van der Waals surface area contributed by atoms with Crippen LogP contribution in [0.15, 0.2) is 48.5 Å². The molecular formula is C22H27ClFN3O4S. The molecule has 32 heavy (non-hydrogen) atoms. The van der Waals surface area contributed by atoms with Crippen molar-refractivity contribution in [3.8, 4) is 0 Å². The van der Waals surface area contributed by atoms with E-state index in [2.05, 4.69) is 5.32 Å². The van der Waals surface area contributed by atoms with E-state index in [9.17, 15) is 22.4 Å². The minimum absolute atomic E-state index is 0.172. The third-order valence-electron chi connectivity index (χ3n) is 4.67. The molecule has 0 aliphatic heterocycles. The van der Waals surface area contributed by atoms with Gasteiger partial charge in [0.1, 0.15) is 18.4 Å². The van der Waals surface area contributed by atoms with E-state index < -0.39 is 40.2 Å². The summed E-state index contributed by atoms with van der Waals surface area (Å²) in [6, 6.07) is 10.8. The van der Waals surface area contributed by atoms with Gasteiger partial charge in [0.25, 0.3) is 0 Å². The minimum Gasteiger partial charge on any atom is -0.352 e. The Morgan fingerprint density at radius 2 is 1.75 bits per heavy atom. The highest BCUT2D eigenvalue weighted by Crippen LogP contribution is 2.22. The molecule has 0 fully saturated rings. The molecule has 174 valence electrons. The molecule has 0 unspecified atom stereocenters. The maximum absolute atomic E-state index is 14.3. The van der Waals surface area contributed by atoms with E-state index in [-0.39, 0.29) is 23.8 Å². The Hall–Kier alpha value is -2.65. The molecule has 0 aliphatic rings. The van der Waals surface area contributed by atoms with Crippen LogP contribution < -0.4 is 9.62 Å². The van der Waals surface area contributed by atoms with Gasteiger partial charge in [-0.25, -0.2) is 12.8 Å². The Labute approximate surface area is 193 Å². The molecule has 0 saturated carbocycles. The monoisotopic (exact) mass is 483 g/mol. The van der Waals surface area contributed by atoms with Crippen LogP contribution in [0.4, 0.5) is 10.1 Å².